The van der Waals surface area contributed by atoms with Gasteiger partial charge in [-0.05, 0) is 13.5 Å². The number of carboxylic acids is 2. The predicted octanol–water partition coefficient (Wildman–Crippen LogP) is 3.18. The zero-order valence-electron chi connectivity index (χ0n) is 27.6. The molecule has 1 aromatic rings. The van der Waals surface area contributed by atoms with Gasteiger partial charge in [-0.2, -0.15) is 0 Å². The molecule has 1 rings (SSSR count). The molecule has 1 aromatic heterocycles. The van der Waals surface area contributed by atoms with Crippen LogP contribution in [-0.4, -0.2) is 95.5 Å². The molecule has 0 spiro atoms. The number of nitrogens with zero attached hydrogens (tertiary/aromatic N) is 1. The average Bonchev–Trinajstić information content (AvgIpc) is 3.02. The van der Waals surface area contributed by atoms with Crippen molar-refractivity contribution in [3.63, 3.8) is 0 Å². The van der Waals surface area contributed by atoms with Crippen molar-refractivity contribution in [1.29, 1.82) is 0 Å². The van der Waals surface area contributed by atoms with Crippen LogP contribution in [0.2, 0.25) is 13.3 Å². The zero-order valence-corrected chi connectivity index (χ0v) is 30.4. The van der Waals surface area contributed by atoms with E-state index in [2.05, 4.69) is 53.1 Å². The zero-order chi connectivity index (χ0) is 33.7. The number of nitrogens with one attached hydrogen (secondary N) is 4. The molecular weight excluding hydrogens is 685 g/mol. The number of aliphatic carboxylic acids is 2. The number of aromatic nitrogens is 1. The van der Waals surface area contributed by atoms with Crippen LogP contribution in [-0.2, 0) is 19.2 Å². The van der Waals surface area contributed by atoms with Crippen LogP contribution in [0.3, 0.4) is 0 Å². The van der Waals surface area contributed by atoms with Crippen molar-refractivity contribution in [3.8, 4) is 0 Å². The molecular formula is C32H55N5O7Sn. The second-order valence-corrected chi connectivity index (χ2v) is 25.0. The number of pyridine rings is 1. The van der Waals surface area contributed by atoms with Gasteiger partial charge in [0.15, 0.2) is 0 Å². The Hall–Kier alpha value is -2.74. The van der Waals surface area contributed by atoms with E-state index < -0.39 is 60.8 Å². The molecule has 0 aromatic carbocycles. The van der Waals surface area contributed by atoms with Crippen molar-refractivity contribution >= 4 is 51.6 Å². The van der Waals surface area contributed by atoms with Crippen LogP contribution < -0.4 is 24.8 Å². The molecule has 12 nitrogen and oxygen atoms in total. The Bertz CT molecular complexity index is 1070. The van der Waals surface area contributed by atoms with Gasteiger partial charge in [-0.25, -0.2) is 0 Å². The summed E-state index contributed by atoms with van der Waals surface area (Å²) >= 11 is -2.73. The number of carbonyl (C=O) groups is 5. The monoisotopic (exact) mass is 741 g/mol. The summed E-state index contributed by atoms with van der Waals surface area (Å²) in [4.78, 5) is 64.5. The molecule has 1 heterocycles. The van der Waals surface area contributed by atoms with Gasteiger partial charge in [0.25, 0.3) is 0 Å². The summed E-state index contributed by atoms with van der Waals surface area (Å²) in [6.45, 7) is 6.63. The Balaban J connectivity index is 2.66. The Morgan fingerprint density at radius 3 is 1.98 bits per heavy atom. The van der Waals surface area contributed by atoms with Crippen molar-refractivity contribution in [2.24, 2.45) is 0 Å². The average molecular weight is 741 g/mol. The fourth-order valence-corrected chi connectivity index (χ4v) is 21.2. The second-order valence-electron chi connectivity index (χ2n) is 11.8. The molecule has 0 aliphatic carbocycles. The maximum absolute atomic E-state index is 13.0. The number of carboxylic acid groups (broad SMARTS) is 2. The number of hydrogen-bond donors (Lipinski definition) is 6. The Morgan fingerprint density at radius 1 is 0.822 bits per heavy atom. The first-order valence-electron chi connectivity index (χ1n) is 16.5. The van der Waals surface area contributed by atoms with Crippen molar-refractivity contribution in [2.45, 2.75) is 117 Å². The molecule has 45 heavy (non-hydrogen) atoms. The molecule has 0 bridgehead atoms. The van der Waals surface area contributed by atoms with Gasteiger partial charge >= 0.3 is 205 Å². The molecule has 0 saturated heterocycles. The number of likely N-dealkylation sites (N-methyl/N-ethyl adjacent to an activating group) is 1. The van der Waals surface area contributed by atoms with Gasteiger partial charge in [-0.3, -0.25) is 14.4 Å². The summed E-state index contributed by atoms with van der Waals surface area (Å²) in [5.41, 5.74) is 0.569. The summed E-state index contributed by atoms with van der Waals surface area (Å²) in [5.74, 6) is -3.63. The van der Waals surface area contributed by atoms with Crippen LogP contribution in [0.4, 0.5) is 0 Å². The Morgan fingerprint density at radius 2 is 1.44 bits per heavy atom. The van der Waals surface area contributed by atoms with Gasteiger partial charge in [-0.1, -0.05) is 0 Å². The fraction of sp³-hybridized carbons (Fsp3) is 0.688. The number of rotatable bonds is 25. The maximum atomic E-state index is 13.0. The number of hydrogen-bond acceptors (Lipinski definition) is 7. The van der Waals surface area contributed by atoms with E-state index in [9.17, 15) is 29.1 Å². The number of unbranched alkanes of at least 4 members (excludes halogenated alkanes) is 4. The molecule has 0 fully saturated rings. The Kier molecular flexibility index (Phi) is 20.3. The normalized spacial score (nSPS) is 12.6. The van der Waals surface area contributed by atoms with E-state index in [0.717, 1.165) is 0 Å². The molecule has 0 saturated carbocycles. The molecule has 2 unspecified atom stereocenters. The third-order valence-corrected chi connectivity index (χ3v) is 23.7. The third-order valence-electron chi connectivity index (χ3n) is 8.21. The third kappa shape index (κ3) is 15.4. The summed E-state index contributed by atoms with van der Waals surface area (Å²) in [7, 11) is 1.51. The van der Waals surface area contributed by atoms with Gasteiger partial charge in [0.1, 0.15) is 0 Å². The van der Waals surface area contributed by atoms with E-state index in [1.807, 2.05) is 6.20 Å². The SMILES string of the molecule is CCC[CH2][Sn]([CH2]CCC)([CH2]CCC)[c]1cncc(C(=O)NCCCCC(NC(=O)CNC(=O)C(CCC(=O)O)NC)C(=O)O)c1. The van der Waals surface area contributed by atoms with Crippen LogP contribution >= 0.6 is 0 Å². The molecule has 0 aliphatic rings. The van der Waals surface area contributed by atoms with Crippen LogP contribution in [0.5, 0.6) is 0 Å². The van der Waals surface area contributed by atoms with E-state index in [-0.39, 0.29) is 25.2 Å². The summed E-state index contributed by atoms with van der Waals surface area (Å²) < 4.78 is 5.20. The van der Waals surface area contributed by atoms with E-state index in [1.165, 1.54) is 62.5 Å². The van der Waals surface area contributed by atoms with Crippen molar-refractivity contribution < 1.29 is 34.2 Å². The molecule has 13 heteroatoms. The fourth-order valence-electron chi connectivity index (χ4n) is 5.45. The standard InChI is InChI=1S/C20H28N5O7.3C4H9.Sn/c1-21-14(7-8-17(27)28)19(30)24-12-16(26)25-15(20(31)32)6-2-3-10-23-18(29)13-5-4-9-22-11-13;3*1-3-4-2;/h5,9,11,14-15,21H,2-3,6-8,10,12H2,1H3,(H,23,29)(H,24,30)(H,25,26)(H,27,28)(H,31,32);3*1,3-4H2,2H3;. The summed E-state index contributed by atoms with van der Waals surface area (Å²) in [6.07, 6.45) is 11.8. The molecule has 3 amide bonds. The van der Waals surface area contributed by atoms with Crippen LogP contribution in [0.15, 0.2) is 18.5 Å². The number of amides is 3. The van der Waals surface area contributed by atoms with Gasteiger partial charge in [0.2, 0.25) is 5.91 Å². The Labute approximate surface area is 272 Å². The quantitative estimate of drug-likeness (QED) is 0.0647. The molecule has 254 valence electrons. The first-order valence-corrected chi connectivity index (χ1v) is 23.9. The minimum absolute atomic E-state index is 0.0514. The first-order chi connectivity index (χ1) is 21.5. The van der Waals surface area contributed by atoms with E-state index in [1.54, 1.807) is 6.20 Å². The van der Waals surface area contributed by atoms with E-state index in [4.69, 9.17) is 5.11 Å². The van der Waals surface area contributed by atoms with Gasteiger partial charge in [-0.15, -0.1) is 0 Å². The summed E-state index contributed by atoms with van der Waals surface area (Å²) in [6, 6.07) is 0.151. The van der Waals surface area contributed by atoms with Gasteiger partial charge in [0, 0.05) is 6.42 Å². The topological polar surface area (TPSA) is 187 Å². The van der Waals surface area contributed by atoms with Gasteiger partial charge in [0.05, 0.1) is 12.6 Å². The van der Waals surface area contributed by atoms with E-state index >= 15 is 0 Å². The predicted molar refractivity (Wildman–Crippen MR) is 177 cm³/mol. The van der Waals surface area contributed by atoms with E-state index in [0.29, 0.717) is 24.9 Å². The molecule has 0 radical (unpaired) electrons. The number of carbonyl (C=O) groups excluding carboxylic acids is 3. The molecule has 2 atom stereocenters. The molecule has 6 N–H and O–H groups in total. The van der Waals surface area contributed by atoms with Crippen molar-refractivity contribution in [2.75, 3.05) is 20.1 Å². The minimum atomic E-state index is -2.73. The molecule has 0 aliphatic heterocycles. The van der Waals surface area contributed by atoms with Crippen LogP contribution in [0.25, 0.3) is 0 Å². The summed E-state index contributed by atoms with van der Waals surface area (Å²) in [5, 5.41) is 28.8. The van der Waals surface area contributed by atoms with Crippen molar-refractivity contribution in [3.05, 3.63) is 24.0 Å². The van der Waals surface area contributed by atoms with Gasteiger partial charge < -0.3 is 15.7 Å². The van der Waals surface area contributed by atoms with Crippen molar-refractivity contribution in [1.82, 2.24) is 26.3 Å². The van der Waals surface area contributed by atoms with Crippen LogP contribution in [0.1, 0.15) is 102 Å². The first kappa shape index (κ1) is 40.3. The van der Waals surface area contributed by atoms with Crippen LogP contribution in [0, 0.1) is 0 Å². The second kappa shape index (κ2) is 22.7.